The molecule has 2 amide bonds. The van der Waals surface area contributed by atoms with Crippen molar-refractivity contribution in [3.63, 3.8) is 0 Å². The predicted molar refractivity (Wildman–Crippen MR) is 167 cm³/mol. The predicted octanol–water partition coefficient (Wildman–Crippen LogP) is 6.74. The first-order chi connectivity index (χ1) is 19.4. The van der Waals surface area contributed by atoms with Crippen LogP contribution in [0.1, 0.15) is 43.7 Å². The summed E-state index contributed by atoms with van der Waals surface area (Å²) >= 11 is 15.9. The minimum atomic E-state index is -4.21. The zero-order valence-electron chi connectivity index (χ0n) is 22.8. The molecule has 0 heterocycles. The van der Waals surface area contributed by atoms with E-state index in [4.69, 9.17) is 23.2 Å². The van der Waals surface area contributed by atoms with E-state index in [0.717, 1.165) is 45.6 Å². The molecule has 0 unspecified atom stereocenters. The van der Waals surface area contributed by atoms with E-state index in [1.54, 1.807) is 19.1 Å². The molecule has 41 heavy (non-hydrogen) atoms. The van der Waals surface area contributed by atoms with Crippen molar-refractivity contribution in [2.24, 2.45) is 0 Å². The number of hydrogen-bond acceptors (Lipinski definition) is 4. The first-order valence-corrected chi connectivity index (χ1v) is 16.3. The second-order valence-corrected chi connectivity index (χ2v) is 13.9. The van der Waals surface area contributed by atoms with Gasteiger partial charge in [-0.15, -0.1) is 0 Å². The Balaban J connectivity index is 1.70. The summed E-state index contributed by atoms with van der Waals surface area (Å²) < 4.78 is 29.7. The summed E-state index contributed by atoms with van der Waals surface area (Å²) in [6, 6.07) is 17.4. The summed E-state index contributed by atoms with van der Waals surface area (Å²) in [5.41, 5.74) is 1.82. The first kappa shape index (κ1) is 31.3. The van der Waals surface area contributed by atoms with Crippen LogP contribution in [0.2, 0.25) is 10.0 Å². The molecule has 0 aromatic heterocycles. The number of anilines is 1. The Morgan fingerprint density at radius 1 is 0.976 bits per heavy atom. The molecule has 1 atom stereocenters. The van der Waals surface area contributed by atoms with Crippen LogP contribution in [0.5, 0.6) is 0 Å². The highest BCUT2D eigenvalue weighted by molar-refractivity contribution is 9.10. The summed E-state index contributed by atoms with van der Waals surface area (Å²) in [4.78, 5) is 28.8. The Kier molecular flexibility index (Phi) is 10.4. The molecule has 1 aliphatic carbocycles. The van der Waals surface area contributed by atoms with E-state index in [-0.39, 0.29) is 39.1 Å². The number of sulfonamides is 1. The number of hydrogen-bond donors (Lipinski definition) is 1. The highest BCUT2D eigenvalue weighted by Gasteiger charge is 2.33. The molecule has 1 aliphatic rings. The lowest BCUT2D eigenvalue weighted by atomic mass is 10.1. The van der Waals surface area contributed by atoms with Crippen LogP contribution in [0.25, 0.3) is 0 Å². The zero-order chi connectivity index (χ0) is 29.7. The van der Waals surface area contributed by atoms with Crippen molar-refractivity contribution in [2.45, 2.75) is 63.1 Å². The molecule has 4 rings (SSSR count). The molecule has 0 bridgehead atoms. The highest BCUT2D eigenvalue weighted by atomic mass is 79.9. The minimum absolute atomic E-state index is 0.0125. The molecule has 0 radical (unpaired) electrons. The second-order valence-electron chi connectivity index (χ2n) is 10.3. The molecule has 218 valence electrons. The number of carbonyl (C=O) groups excluding carboxylic acids is 2. The maximum Gasteiger partial charge on any atom is 0.264 e. The third kappa shape index (κ3) is 8.03. The largest absolute Gasteiger partial charge is 0.352 e. The number of nitrogens with one attached hydrogen (secondary N) is 1. The minimum Gasteiger partial charge on any atom is -0.352 e. The number of rotatable bonds is 10. The highest BCUT2D eigenvalue weighted by Crippen LogP contribution is 2.30. The van der Waals surface area contributed by atoms with Gasteiger partial charge in [0.15, 0.2) is 0 Å². The Labute approximate surface area is 260 Å². The van der Waals surface area contributed by atoms with E-state index in [9.17, 15) is 18.0 Å². The molecule has 1 saturated carbocycles. The number of nitrogens with zero attached hydrogens (tertiary/aromatic N) is 2. The quantitative estimate of drug-likeness (QED) is 0.257. The van der Waals surface area contributed by atoms with Gasteiger partial charge < -0.3 is 10.2 Å². The average Bonchev–Trinajstić information content (AvgIpc) is 3.43. The van der Waals surface area contributed by atoms with Crippen LogP contribution >= 0.6 is 39.1 Å². The lowest BCUT2D eigenvalue weighted by molar-refractivity contribution is -0.139. The standard InChI is InChI=1S/C30H32BrCl2N3O4S/c1-20-7-13-28(14-8-20)41(39,40)36(27-16-24(32)15-25(33)17-27)19-29(37)35(18-22-9-11-23(31)12-10-22)21(2)30(38)34-26-5-3-4-6-26/h7-17,21,26H,3-6,18-19H2,1-2H3,(H,34,38)/t21-/m0/s1. The van der Waals surface area contributed by atoms with Crippen molar-refractivity contribution in [2.75, 3.05) is 10.8 Å². The van der Waals surface area contributed by atoms with Gasteiger partial charge in [0.25, 0.3) is 10.0 Å². The van der Waals surface area contributed by atoms with Gasteiger partial charge >= 0.3 is 0 Å². The lowest BCUT2D eigenvalue weighted by Crippen LogP contribution is -2.52. The van der Waals surface area contributed by atoms with Gasteiger partial charge in [0.05, 0.1) is 10.6 Å². The van der Waals surface area contributed by atoms with Gasteiger partial charge in [-0.05, 0) is 74.7 Å². The molecule has 1 fully saturated rings. The van der Waals surface area contributed by atoms with E-state index < -0.39 is 28.5 Å². The molecule has 7 nitrogen and oxygen atoms in total. The van der Waals surface area contributed by atoms with Crippen molar-refractivity contribution in [1.82, 2.24) is 10.2 Å². The molecular weight excluding hydrogens is 649 g/mol. The molecule has 11 heteroatoms. The van der Waals surface area contributed by atoms with Crippen molar-refractivity contribution in [3.8, 4) is 0 Å². The van der Waals surface area contributed by atoms with Crippen LogP contribution in [0.3, 0.4) is 0 Å². The Bertz CT molecular complexity index is 1470. The molecular formula is C30H32BrCl2N3O4S. The number of aryl methyl sites for hydroxylation is 1. The molecule has 0 spiro atoms. The summed E-state index contributed by atoms with van der Waals surface area (Å²) in [7, 11) is -4.21. The van der Waals surface area contributed by atoms with Crippen LogP contribution in [0.4, 0.5) is 5.69 Å². The molecule has 0 saturated heterocycles. The van der Waals surface area contributed by atoms with Crippen molar-refractivity contribution < 1.29 is 18.0 Å². The van der Waals surface area contributed by atoms with Crippen molar-refractivity contribution >= 4 is 66.7 Å². The van der Waals surface area contributed by atoms with Gasteiger partial charge in [0, 0.05) is 27.1 Å². The van der Waals surface area contributed by atoms with Crippen LogP contribution in [0, 0.1) is 6.92 Å². The van der Waals surface area contributed by atoms with Crippen LogP contribution in [-0.2, 0) is 26.2 Å². The fourth-order valence-corrected chi connectivity index (χ4v) is 6.99. The molecule has 3 aromatic carbocycles. The summed E-state index contributed by atoms with van der Waals surface area (Å²) in [5, 5.41) is 3.51. The van der Waals surface area contributed by atoms with Crippen LogP contribution < -0.4 is 9.62 Å². The average molecular weight is 681 g/mol. The number of carbonyl (C=O) groups is 2. The van der Waals surface area contributed by atoms with Gasteiger partial charge in [-0.25, -0.2) is 8.42 Å². The van der Waals surface area contributed by atoms with Crippen LogP contribution in [0.15, 0.2) is 76.1 Å². The summed E-state index contributed by atoms with van der Waals surface area (Å²) in [5.74, 6) is -0.824. The second kappa shape index (κ2) is 13.6. The maximum atomic E-state index is 14.0. The van der Waals surface area contributed by atoms with E-state index in [0.29, 0.717) is 0 Å². The van der Waals surface area contributed by atoms with Crippen molar-refractivity contribution in [1.29, 1.82) is 0 Å². The summed E-state index contributed by atoms with van der Waals surface area (Å²) in [6.45, 7) is 3.06. The normalized spacial score (nSPS) is 14.5. The Hall–Kier alpha value is -2.59. The fraction of sp³-hybridized carbons (Fsp3) is 0.333. The van der Waals surface area contributed by atoms with Crippen molar-refractivity contribution in [3.05, 3.63) is 92.4 Å². The van der Waals surface area contributed by atoms with E-state index in [2.05, 4.69) is 21.2 Å². The summed E-state index contributed by atoms with van der Waals surface area (Å²) in [6.07, 6.45) is 3.90. The SMILES string of the molecule is Cc1ccc(S(=O)(=O)N(CC(=O)N(Cc2ccc(Br)cc2)[C@@H](C)C(=O)NC2CCCC2)c2cc(Cl)cc(Cl)c2)cc1. The van der Waals surface area contributed by atoms with E-state index in [1.165, 1.54) is 35.2 Å². The Morgan fingerprint density at radius 2 is 1.56 bits per heavy atom. The number of benzene rings is 3. The Morgan fingerprint density at radius 3 is 2.15 bits per heavy atom. The van der Waals surface area contributed by atoms with E-state index in [1.807, 2.05) is 31.2 Å². The topological polar surface area (TPSA) is 86.8 Å². The van der Waals surface area contributed by atoms with Gasteiger partial charge in [0.2, 0.25) is 11.8 Å². The van der Waals surface area contributed by atoms with E-state index >= 15 is 0 Å². The monoisotopic (exact) mass is 679 g/mol. The molecule has 1 N–H and O–H groups in total. The third-order valence-electron chi connectivity index (χ3n) is 7.16. The molecule has 0 aliphatic heterocycles. The number of halogens is 3. The lowest BCUT2D eigenvalue weighted by Gasteiger charge is -2.32. The van der Waals surface area contributed by atoms with Crippen LogP contribution in [-0.4, -0.2) is 43.8 Å². The fourth-order valence-electron chi connectivity index (χ4n) is 4.81. The first-order valence-electron chi connectivity index (χ1n) is 13.3. The zero-order valence-corrected chi connectivity index (χ0v) is 26.7. The van der Waals surface area contributed by atoms with Gasteiger partial charge in [-0.2, -0.15) is 0 Å². The smallest absolute Gasteiger partial charge is 0.264 e. The van der Waals surface area contributed by atoms with Gasteiger partial charge in [0.1, 0.15) is 12.6 Å². The molecule has 3 aromatic rings. The van der Waals surface area contributed by atoms with Gasteiger partial charge in [-0.1, -0.05) is 81.8 Å². The maximum absolute atomic E-state index is 14.0. The third-order valence-corrected chi connectivity index (χ3v) is 9.91. The van der Waals surface area contributed by atoms with Gasteiger partial charge in [-0.3, -0.25) is 13.9 Å². The number of amides is 2.